The summed E-state index contributed by atoms with van der Waals surface area (Å²) in [6.07, 6.45) is 1.32. The molecule has 0 bridgehead atoms. The molecule has 2 aromatic carbocycles. The lowest BCUT2D eigenvalue weighted by Crippen LogP contribution is -2.34. The predicted octanol–water partition coefficient (Wildman–Crippen LogP) is 5.09. The van der Waals surface area contributed by atoms with E-state index >= 15 is 0 Å². The van der Waals surface area contributed by atoms with Crippen LogP contribution in [0.2, 0.25) is 5.02 Å². The first-order valence-electron chi connectivity index (χ1n) is 9.34. The van der Waals surface area contributed by atoms with Gasteiger partial charge in [0.1, 0.15) is 16.6 Å². The summed E-state index contributed by atoms with van der Waals surface area (Å²) in [6, 6.07) is 8.55. The third kappa shape index (κ3) is 4.80. The second-order valence-electron chi connectivity index (χ2n) is 6.82. The molecule has 11 heteroatoms. The number of halogens is 3. The smallest absolute Gasteiger partial charge is 0.320 e. The van der Waals surface area contributed by atoms with Crippen LogP contribution in [0.15, 0.2) is 42.5 Å². The van der Waals surface area contributed by atoms with Crippen LogP contribution in [-0.2, 0) is 0 Å². The molecule has 1 fully saturated rings. The molecule has 7 nitrogen and oxygen atoms in total. The summed E-state index contributed by atoms with van der Waals surface area (Å²) in [5.41, 5.74) is 0.280. The van der Waals surface area contributed by atoms with Gasteiger partial charge in [-0.3, -0.25) is 4.79 Å². The number of amides is 3. The van der Waals surface area contributed by atoms with Gasteiger partial charge in [0.2, 0.25) is 5.01 Å². The number of anilines is 2. The first kappa shape index (κ1) is 21.1. The van der Waals surface area contributed by atoms with Crippen molar-refractivity contribution >= 4 is 46.3 Å². The van der Waals surface area contributed by atoms with Crippen LogP contribution in [0.4, 0.5) is 25.0 Å². The van der Waals surface area contributed by atoms with E-state index in [-0.39, 0.29) is 10.7 Å². The average Bonchev–Trinajstić information content (AvgIpc) is 3.40. The Morgan fingerprint density at radius 3 is 2.77 bits per heavy atom. The standard InChI is InChI=1S/C20H16ClF2N5O2S/c21-11-3-1-4-13(9-11)24-17(29)19-27-26-18(31-19)16-5-2-8-28(16)20(30)25-15-10-12(22)6-7-14(15)23/h1,3-4,6-7,9-10,16H,2,5,8H2,(H,24,29)(H,25,30)/t16-/m0/s1. The largest absolute Gasteiger partial charge is 0.322 e. The molecule has 3 amide bonds. The first-order chi connectivity index (χ1) is 14.9. The van der Waals surface area contributed by atoms with Gasteiger partial charge >= 0.3 is 6.03 Å². The van der Waals surface area contributed by atoms with E-state index in [2.05, 4.69) is 20.8 Å². The van der Waals surface area contributed by atoms with E-state index < -0.39 is 29.6 Å². The van der Waals surface area contributed by atoms with E-state index in [0.717, 1.165) is 29.5 Å². The van der Waals surface area contributed by atoms with Crippen molar-refractivity contribution in [1.29, 1.82) is 0 Å². The molecule has 2 N–H and O–H groups in total. The SMILES string of the molecule is O=C(Nc1cccc(Cl)c1)c1nnc([C@@H]2CCCN2C(=O)Nc2cc(F)ccc2F)s1. The van der Waals surface area contributed by atoms with Gasteiger partial charge in [0.25, 0.3) is 5.91 Å². The molecule has 4 rings (SSSR count). The monoisotopic (exact) mass is 463 g/mol. The van der Waals surface area contributed by atoms with Gasteiger partial charge in [0.15, 0.2) is 0 Å². The van der Waals surface area contributed by atoms with Crippen LogP contribution >= 0.6 is 22.9 Å². The zero-order chi connectivity index (χ0) is 22.0. The average molecular weight is 464 g/mol. The summed E-state index contributed by atoms with van der Waals surface area (Å²) < 4.78 is 27.2. The highest BCUT2D eigenvalue weighted by atomic mass is 35.5. The quantitative estimate of drug-likeness (QED) is 0.564. The molecule has 0 unspecified atom stereocenters. The molecule has 1 aliphatic rings. The number of benzene rings is 2. The van der Waals surface area contributed by atoms with E-state index in [1.54, 1.807) is 24.3 Å². The van der Waals surface area contributed by atoms with Crippen LogP contribution in [-0.4, -0.2) is 33.6 Å². The van der Waals surface area contributed by atoms with Crippen molar-refractivity contribution in [2.75, 3.05) is 17.2 Å². The summed E-state index contributed by atoms with van der Waals surface area (Å²) in [5.74, 6) is -1.84. The Kier molecular flexibility index (Phi) is 6.10. The minimum absolute atomic E-state index is 0.137. The number of carbonyl (C=O) groups is 2. The molecule has 2 heterocycles. The zero-order valence-electron chi connectivity index (χ0n) is 15.9. The molecule has 1 saturated heterocycles. The summed E-state index contributed by atoms with van der Waals surface area (Å²) in [6.45, 7) is 0.414. The number of hydrogen-bond donors (Lipinski definition) is 2. The van der Waals surface area contributed by atoms with Crippen molar-refractivity contribution in [2.45, 2.75) is 18.9 Å². The van der Waals surface area contributed by atoms with Crippen molar-refractivity contribution in [3.63, 3.8) is 0 Å². The third-order valence-electron chi connectivity index (χ3n) is 4.69. The lowest BCUT2D eigenvalue weighted by molar-refractivity contribution is 0.102. The molecule has 160 valence electrons. The summed E-state index contributed by atoms with van der Waals surface area (Å²) in [5, 5.41) is 14.2. The minimum atomic E-state index is -0.735. The summed E-state index contributed by atoms with van der Waals surface area (Å²) in [4.78, 5) is 26.6. The molecule has 1 aliphatic heterocycles. The topological polar surface area (TPSA) is 87.2 Å². The Morgan fingerprint density at radius 2 is 1.97 bits per heavy atom. The molecule has 0 spiro atoms. The van der Waals surface area contributed by atoms with Crippen LogP contribution in [0.5, 0.6) is 0 Å². The number of carbonyl (C=O) groups excluding carboxylic acids is 2. The molecule has 3 aromatic rings. The highest BCUT2D eigenvalue weighted by molar-refractivity contribution is 7.13. The second-order valence-corrected chi connectivity index (χ2v) is 8.26. The number of rotatable bonds is 4. The van der Waals surface area contributed by atoms with E-state index in [1.807, 2.05) is 0 Å². The second kappa shape index (κ2) is 8.94. The Balaban J connectivity index is 1.46. The van der Waals surface area contributed by atoms with Gasteiger partial charge in [-0.2, -0.15) is 0 Å². The van der Waals surface area contributed by atoms with Gasteiger partial charge in [-0.1, -0.05) is 29.0 Å². The Labute approximate surface area is 185 Å². The number of nitrogens with zero attached hydrogens (tertiary/aromatic N) is 3. The maximum Gasteiger partial charge on any atom is 0.322 e. The molecule has 0 aliphatic carbocycles. The van der Waals surface area contributed by atoms with Crippen molar-refractivity contribution in [3.05, 3.63) is 69.1 Å². The van der Waals surface area contributed by atoms with Crippen molar-refractivity contribution in [1.82, 2.24) is 15.1 Å². The van der Waals surface area contributed by atoms with Crippen molar-refractivity contribution in [2.24, 2.45) is 0 Å². The van der Waals surface area contributed by atoms with Gasteiger partial charge in [0.05, 0.1) is 11.7 Å². The fourth-order valence-corrected chi connectivity index (χ4v) is 4.34. The molecule has 31 heavy (non-hydrogen) atoms. The fourth-order valence-electron chi connectivity index (χ4n) is 3.26. The van der Waals surface area contributed by atoms with E-state index in [0.29, 0.717) is 35.1 Å². The lowest BCUT2D eigenvalue weighted by atomic mass is 10.2. The van der Waals surface area contributed by atoms with Crippen LogP contribution in [0.3, 0.4) is 0 Å². The van der Waals surface area contributed by atoms with E-state index in [1.165, 1.54) is 4.90 Å². The molecule has 1 aromatic heterocycles. The highest BCUT2D eigenvalue weighted by Crippen LogP contribution is 2.34. The highest BCUT2D eigenvalue weighted by Gasteiger charge is 2.33. The van der Waals surface area contributed by atoms with E-state index in [9.17, 15) is 18.4 Å². The van der Waals surface area contributed by atoms with Crippen LogP contribution in [0, 0.1) is 11.6 Å². The van der Waals surface area contributed by atoms with E-state index in [4.69, 9.17) is 11.6 Å². The maximum absolute atomic E-state index is 13.9. The first-order valence-corrected chi connectivity index (χ1v) is 10.5. The van der Waals surface area contributed by atoms with Gasteiger partial charge in [-0.15, -0.1) is 10.2 Å². The molecular weight excluding hydrogens is 448 g/mol. The predicted molar refractivity (Wildman–Crippen MR) is 113 cm³/mol. The van der Waals surface area contributed by atoms with Crippen LogP contribution < -0.4 is 10.6 Å². The van der Waals surface area contributed by atoms with Gasteiger partial charge < -0.3 is 15.5 Å². The Hall–Kier alpha value is -3.11. The molecule has 1 atom stereocenters. The summed E-state index contributed by atoms with van der Waals surface area (Å²) in [7, 11) is 0. The van der Waals surface area contributed by atoms with Crippen molar-refractivity contribution in [3.8, 4) is 0 Å². The third-order valence-corrected chi connectivity index (χ3v) is 5.94. The molecule has 0 saturated carbocycles. The summed E-state index contributed by atoms with van der Waals surface area (Å²) >= 11 is 6.99. The number of urea groups is 1. The van der Waals surface area contributed by atoms with Crippen LogP contribution in [0.25, 0.3) is 0 Å². The van der Waals surface area contributed by atoms with Gasteiger partial charge in [-0.05, 0) is 43.2 Å². The Bertz CT molecular complexity index is 1140. The number of nitrogens with one attached hydrogen (secondary N) is 2. The fraction of sp³-hybridized carbons (Fsp3) is 0.200. The molecule has 0 radical (unpaired) electrons. The number of hydrogen-bond acceptors (Lipinski definition) is 5. The Morgan fingerprint density at radius 1 is 1.13 bits per heavy atom. The van der Waals surface area contributed by atoms with Crippen molar-refractivity contribution < 1.29 is 18.4 Å². The lowest BCUT2D eigenvalue weighted by Gasteiger charge is -2.23. The minimum Gasteiger partial charge on any atom is -0.320 e. The van der Waals surface area contributed by atoms with Gasteiger partial charge in [-0.25, -0.2) is 13.6 Å². The maximum atomic E-state index is 13.9. The normalized spacial score (nSPS) is 15.7. The zero-order valence-corrected chi connectivity index (χ0v) is 17.5. The number of aromatic nitrogens is 2. The molecular formula is C20H16ClF2N5O2S. The van der Waals surface area contributed by atoms with Crippen LogP contribution in [0.1, 0.15) is 33.7 Å². The number of likely N-dealkylation sites (tertiary alicyclic amines) is 1. The van der Waals surface area contributed by atoms with Gasteiger partial charge in [0, 0.05) is 23.3 Å².